The van der Waals surface area contributed by atoms with Gasteiger partial charge in [0.1, 0.15) is 10.3 Å². The number of nitrogens with zero attached hydrogens (tertiary/aromatic N) is 1. The summed E-state index contributed by atoms with van der Waals surface area (Å²) in [6, 6.07) is 2.35. The van der Waals surface area contributed by atoms with Crippen molar-refractivity contribution in [3.05, 3.63) is 28.0 Å². The van der Waals surface area contributed by atoms with Gasteiger partial charge in [-0.2, -0.15) is 0 Å². The van der Waals surface area contributed by atoms with E-state index in [0.29, 0.717) is 0 Å². The van der Waals surface area contributed by atoms with Gasteiger partial charge in [0, 0.05) is 6.04 Å². The number of carbonyl (C=O) groups excluding carboxylic acids is 1. The van der Waals surface area contributed by atoms with Gasteiger partial charge in [-0.15, -0.1) is 0 Å². The summed E-state index contributed by atoms with van der Waals surface area (Å²) < 4.78 is 0. The van der Waals surface area contributed by atoms with Crippen LogP contribution in [0.2, 0.25) is 10.3 Å². The highest BCUT2D eigenvalue weighted by Gasteiger charge is 2.22. The van der Waals surface area contributed by atoms with E-state index in [1.807, 2.05) is 0 Å². The predicted molar refractivity (Wildman–Crippen MR) is 68.0 cm³/mol. The molecule has 0 aliphatic carbocycles. The molecule has 98 valence electrons. The van der Waals surface area contributed by atoms with Crippen LogP contribution in [0, 0.1) is 5.92 Å². The Hall–Kier alpha value is -1.33. The SMILES string of the molecule is CC(NC(=O)c1ccc(Cl)nc1Cl)C(C)C(=O)O. The molecule has 18 heavy (non-hydrogen) atoms. The van der Waals surface area contributed by atoms with Crippen molar-refractivity contribution in [1.82, 2.24) is 10.3 Å². The Kier molecular flexibility index (Phi) is 4.93. The highest BCUT2D eigenvalue weighted by Crippen LogP contribution is 2.17. The lowest BCUT2D eigenvalue weighted by Gasteiger charge is -2.17. The van der Waals surface area contributed by atoms with Gasteiger partial charge < -0.3 is 10.4 Å². The van der Waals surface area contributed by atoms with Crippen LogP contribution in [-0.4, -0.2) is 28.0 Å². The molecule has 0 aliphatic rings. The Morgan fingerprint density at radius 3 is 2.44 bits per heavy atom. The third kappa shape index (κ3) is 3.58. The average Bonchev–Trinajstić information content (AvgIpc) is 2.27. The van der Waals surface area contributed by atoms with Gasteiger partial charge in [-0.05, 0) is 26.0 Å². The van der Waals surface area contributed by atoms with Crippen molar-refractivity contribution in [2.24, 2.45) is 5.92 Å². The molecule has 0 saturated carbocycles. The fraction of sp³-hybridized carbons (Fsp3) is 0.364. The number of pyridine rings is 1. The smallest absolute Gasteiger partial charge is 0.308 e. The van der Waals surface area contributed by atoms with Gasteiger partial charge >= 0.3 is 5.97 Å². The number of aromatic nitrogens is 1. The van der Waals surface area contributed by atoms with E-state index in [2.05, 4.69) is 10.3 Å². The summed E-state index contributed by atoms with van der Waals surface area (Å²) in [6.07, 6.45) is 0. The molecule has 2 atom stereocenters. The van der Waals surface area contributed by atoms with Crippen molar-refractivity contribution in [3.8, 4) is 0 Å². The fourth-order valence-electron chi connectivity index (χ4n) is 1.20. The van der Waals surface area contributed by atoms with E-state index < -0.39 is 23.8 Å². The maximum absolute atomic E-state index is 11.8. The number of carboxylic acids is 1. The van der Waals surface area contributed by atoms with Gasteiger partial charge in [0.25, 0.3) is 5.91 Å². The summed E-state index contributed by atoms with van der Waals surface area (Å²) in [5, 5.41) is 11.5. The quantitative estimate of drug-likeness (QED) is 0.834. The van der Waals surface area contributed by atoms with E-state index in [9.17, 15) is 9.59 Å². The summed E-state index contributed by atoms with van der Waals surface area (Å²) in [7, 11) is 0. The first kappa shape index (κ1) is 14.7. The Morgan fingerprint density at radius 1 is 1.33 bits per heavy atom. The van der Waals surface area contributed by atoms with Gasteiger partial charge in [-0.25, -0.2) is 4.98 Å². The number of aliphatic carboxylic acids is 1. The molecule has 0 aromatic carbocycles. The molecule has 1 heterocycles. The number of carbonyl (C=O) groups is 2. The molecule has 0 fully saturated rings. The molecule has 0 spiro atoms. The first-order valence-electron chi connectivity index (χ1n) is 5.18. The van der Waals surface area contributed by atoms with Crippen molar-refractivity contribution < 1.29 is 14.7 Å². The molecule has 2 unspecified atom stereocenters. The van der Waals surface area contributed by atoms with Crippen LogP contribution in [0.5, 0.6) is 0 Å². The van der Waals surface area contributed by atoms with Gasteiger partial charge in [0.2, 0.25) is 0 Å². The van der Waals surface area contributed by atoms with Gasteiger partial charge in [-0.1, -0.05) is 23.2 Å². The Morgan fingerprint density at radius 2 is 1.94 bits per heavy atom. The number of hydrogen-bond donors (Lipinski definition) is 2. The first-order chi connectivity index (χ1) is 8.32. The van der Waals surface area contributed by atoms with Crippen LogP contribution in [0.1, 0.15) is 24.2 Å². The van der Waals surface area contributed by atoms with E-state index in [1.165, 1.54) is 19.1 Å². The number of hydrogen-bond acceptors (Lipinski definition) is 3. The number of amides is 1. The van der Waals surface area contributed by atoms with Crippen LogP contribution in [-0.2, 0) is 4.79 Å². The molecule has 0 bridgehead atoms. The largest absolute Gasteiger partial charge is 0.481 e. The van der Waals surface area contributed by atoms with Crippen molar-refractivity contribution in [2.75, 3.05) is 0 Å². The molecule has 7 heteroatoms. The number of halogens is 2. The van der Waals surface area contributed by atoms with Crippen molar-refractivity contribution in [1.29, 1.82) is 0 Å². The van der Waals surface area contributed by atoms with Crippen LogP contribution < -0.4 is 5.32 Å². The topological polar surface area (TPSA) is 79.3 Å². The normalized spacial score (nSPS) is 13.8. The van der Waals surface area contributed by atoms with Crippen LogP contribution in [0.25, 0.3) is 0 Å². The molecule has 2 N–H and O–H groups in total. The monoisotopic (exact) mass is 290 g/mol. The van der Waals surface area contributed by atoms with Crippen LogP contribution >= 0.6 is 23.2 Å². The zero-order chi connectivity index (χ0) is 13.9. The summed E-state index contributed by atoms with van der Waals surface area (Å²) in [4.78, 5) is 26.3. The molecule has 1 rings (SSSR count). The third-order valence-electron chi connectivity index (χ3n) is 2.56. The zero-order valence-corrected chi connectivity index (χ0v) is 11.3. The first-order valence-corrected chi connectivity index (χ1v) is 5.94. The second kappa shape index (κ2) is 6.02. The van der Waals surface area contributed by atoms with Gasteiger partial charge in [0.15, 0.2) is 0 Å². The van der Waals surface area contributed by atoms with Gasteiger partial charge in [-0.3, -0.25) is 9.59 Å². The Bertz CT molecular complexity index is 479. The summed E-state index contributed by atoms with van der Waals surface area (Å²) in [5.41, 5.74) is 0.158. The van der Waals surface area contributed by atoms with Gasteiger partial charge in [0.05, 0.1) is 11.5 Å². The third-order valence-corrected chi connectivity index (χ3v) is 3.06. The molecule has 0 radical (unpaired) electrons. The molecular weight excluding hydrogens is 279 g/mol. The Balaban J connectivity index is 2.79. The minimum Gasteiger partial charge on any atom is -0.481 e. The number of carboxylic acid groups (broad SMARTS) is 1. The van der Waals surface area contributed by atoms with E-state index in [0.717, 1.165) is 0 Å². The van der Waals surface area contributed by atoms with Crippen molar-refractivity contribution >= 4 is 35.1 Å². The van der Waals surface area contributed by atoms with Crippen molar-refractivity contribution in [2.45, 2.75) is 19.9 Å². The van der Waals surface area contributed by atoms with E-state index in [1.54, 1.807) is 6.92 Å². The zero-order valence-electron chi connectivity index (χ0n) is 9.78. The Labute approximate surface area is 114 Å². The second-order valence-electron chi connectivity index (χ2n) is 3.86. The summed E-state index contributed by atoms with van der Waals surface area (Å²) in [6.45, 7) is 3.11. The molecule has 1 aromatic heterocycles. The maximum atomic E-state index is 11.8. The predicted octanol–water partition coefficient (Wildman–Crippen LogP) is 2.23. The molecule has 0 saturated heterocycles. The minimum atomic E-state index is -0.983. The number of nitrogens with one attached hydrogen (secondary N) is 1. The lowest BCUT2D eigenvalue weighted by Crippen LogP contribution is -2.40. The molecule has 1 amide bonds. The molecule has 1 aromatic rings. The van der Waals surface area contributed by atoms with E-state index >= 15 is 0 Å². The lowest BCUT2D eigenvalue weighted by atomic mass is 10.0. The molecule has 0 aliphatic heterocycles. The maximum Gasteiger partial charge on any atom is 0.308 e. The fourth-order valence-corrected chi connectivity index (χ4v) is 1.64. The van der Waals surface area contributed by atoms with Crippen molar-refractivity contribution in [3.63, 3.8) is 0 Å². The second-order valence-corrected chi connectivity index (χ2v) is 4.61. The highest BCUT2D eigenvalue weighted by atomic mass is 35.5. The minimum absolute atomic E-state index is 0.0184. The van der Waals surface area contributed by atoms with E-state index in [-0.39, 0.29) is 15.9 Å². The van der Waals surface area contributed by atoms with E-state index in [4.69, 9.17) is 28.3 Å². The van der Waals surface area contributed by atoms with Crippen LogP contribution in [0.4, 0.5) is 0 Å². The van der Waals surface area contributed by atoms with Crippen LogP contribution in [0.15, 0.2) is 12.1 Å². The average molecular weight is 291 g/mol. The summed E-state index contributed by atoms with van der Waals surface area (Å²) in [5.74, 6) is -2.17. The summed E-state index contributed by atoms with van der Waals surface area (Å²) >= 11 is 11.4. The highest BCUT2D eigenvalue weighted by molar-refractivity contribution is 6.34. The van der Waals surface area contributed by atoms with Crippen LogP contribution in [0.3, 0.4) is 0 Å². The molecular formula is C11H12Cl2N2O3. The lowest BCUT2D eigenvalue weighted by molar-refractivity contribution is -0.141. The number of rotatable bonds is 4. The molecule has 5 nitrogen and oxygen atoms in total. The standard InChI is InChI=1S/C11H12Cl2N2O3/c1-5(11(17)18)6(2)14-10(16)7-3-4-8(12)15-9(7)13/h3-6H,1-2H3,(H,14,16)(H,17,18).